The minimum absolute atomic E-state index is 0.736. The number of rotatable bonds is 5. The minimum atomic E-state index is 0.736. The molecule has 0 saturated carbocycles. The Balaban J connectivity index is 2.59. The monoisotopic (exact) mass is 191 g/mol. The van der Waals surface area contributed by atoms with Crippen LogP contribution in [0.4, 0.5) is 0 Å². The fourth-order valence-corrected chi connectivity index (χ4v) is 1.69. The van der Waals surface area contributed by atoms with Crippen molar-refractivity contribution in [3.63, 3.8) is 0 Å². The Kier molecular flexibility index (Phi) is 4.68. The van der Waals surface area contributed by atoms with Gasteiger partial charge < -0.3 is 5.73 Å². The van der Waals surface area contributed by atoms with Crippen molar-refractivity contribution in [3.05, 3.63) is 35.4 Å². The first kappa shape index (κ1) is 11.3. The molecular formula is C13H21N. The maximum Gasteiger partial charge on any atom is -0.00741 e. The van der Waals surface area contributed by atoms with Gasteiger partial charge in [0.15, 0.2) is 0 Å². The zero-order valence-electron chi connectivity index (χ0n) is 9.29. The van der Waals surface area contributed by atoms with Gasteiger partial charge in [0.05, 0.1) is 0 Å². The summed E-state index contributed by atoms with van der Waals surface area (Å²) in [5, 5.41) is 0. The van der Waals surface area contributed by atoms with E-state index in [9.17, 15) is 0 Å². The Labute approximate surface area is 87.3 Å². The van der Waals surface area contributed by atoms with Gasteiger partial charge >= 0.3 is 0 Å². The molecule has 0 aliphatic rings. The SMILES string of the molecule is CC(C)Cc1cccc(CCCN)c1. The molecule has 0 spiro atoms. The highest BCUT2D eigenvalue weighted by molar-refractivity contribution is 5.23. The van der Waals surface area contributed by atoms with Gasteiger partial charge in [-0.15, -0.1) is 0 Å². The van der Waals surface area contributed by atoms with Crippen molar-refractivity contribution in [2.24, 2.45) is 11.7 Å². The summed E-state index contributed by atoms with van der Waals surface area (Å²) >= 11 is 0. The fourth-order valence-electron chi connectivity index (χ4n) is 1.69. The smallest absolute Gasteiger partial charge is 0.00741 e. The van der Waals surface area contributed by atoms with Crippen LogP contribution in [-0.4, -0.2) is 6.54 Å². The van der Waals surface area contributed by atoms with Gasteiger partial charge in [0.2, 0.25) is 0 Å². The molecule has 0 radical (unpaired) electrons. The minimum Gasteiger partial charge on any atom is -0.330 e. The molecule has 1 heteroatoms. The topological polar surface area (TPSA) is 26.0 Å². The van der Waals surface area contributed by atoms with Crippen molar-refractivity contribution in [2.45, 2.75) is 33.1 Å². The largest absolute Gasteiger partial charge is 0.330 e. The maximum absolute atomic E-state index is 5.50. The zero-order chi connectivity index (χ0) is 10.4. The predicted molar refractivity (Wildman–Crippen MR) is 62.4 cm³/mol. The molecule has 78 valence electrons. The molecule has 0 aliphatic carbocycles. The average Bonchev–Trinajstić information content (AvgIpc) is 2.14. The van der Waals surface area contributed by atoms with E-state index in [1.807, 2.05) is 0 Å². The van der Waals surface area contributed by atoms with E-state index in [0.29, 0.717) is 0 Å². The van der Waals surface area contributed by atoms with Crippen LogP contribution in [0.5, 0.6) is 0 Å². The third kappa shape index (κ3) is 3.93. The molecule has 0 bridgehead atoms. The summed E-state index contributed by atoms with van der Waals surface area (Å²) in [4.78, 5) is 0. The molecule has 0 saturated heterocycles. The molecule has 1 aromatic carbocycles. The average molecular weight is 191 g/mol. The maximum atomic E-state index is 5.50. The summed E-state index contributed by atoms with van der Waals surface area (Å²) < 4.78 is 0. The van der Waals surface area contributed by atoms with E-state index >= 15 is 0 Å². The molecule has 1 aromatic rings. The highest BCUT2D eigenvalue weighted by atomic mass is 14.5. The molecule has 0 amide bonds. The predicted octanol–water partition coefficient (Wildman–Crippen LogP) is 2.78. The first-order valence-corrected chi connectivity index (χ1v) is 5.50. The van der Waals surface area contributed by atoms with Gasteiger partial charge in [-0.05, 0) is 42.9 Å². The summed E-state index contributed by atoms with van der Waals surface area (Å²) in [7, 11) is 0. The Hall–Kier alpha value is -0.820. The van der Waals surface area contributed by atoms with Gasteiger partial charge in [-0.25, -0.2) is 0 Å². The molecule has 14 heavy (non-hydrogen) atoms. The van der Waals surface area contributed by atoms with Crippen molar-refractivity contribution in [2.75, 3.05) is 6.54 Å². The first-order chi connectivity index (χ1) is 6.72. The molecule has 1 nitrogen and oxygen atoms in total. The van der Waals surface area contributed by atoms with E-state index < -0.39 is 0 Å². The molecule has 0 unspecified atom stereocenters. The van der Waals surface area contributed by atoms with Crippen LogP contribution in [-0.2, 0) is 12.8 Å². The Bertz CT molecular complexity index is 266. The van der Waals surface area contributed by atoms with Crippen molar-refractivity contribution >= 4 is 0 Å². The summed E-state index contributed by atoms with van der Waals surface area (Å²) in [6.07, 6.45) is 3.38. The second kappa shape index (κ2) is 5.82. The molecular weight excluding hydrogens is 170 g/mol. The number of benzene rings is 1. The van der Waals surface area contributed by atoms with Crippen LogP contribution in [0, 0.1) is 5.92 Å². The van der Waals surface area contributed by atoms with E-state index in [1.54, 1.807) is 0 Å². The lowest BCUT2D eigenvalue weighted by Crippen LogP contribution is -2.01. The zero-order valence-corrected chi connectivity index (χ0v) is 9.29. The Morgan fingerprint density at radius 2 is 1.93 bits per heavy atom. The van der Waals surface area contributed by atoms with Gasteiger partial charge in [0, 0.05) is 0 Å². The fraction of sp³-hybridized carbons (Fsp3) is 0.538. The van der Waals surface area contributed by atoms with E-state index in [1.165, 1.54) is 17.5 Å². The highest BCUT2D eigenvalue weighted by Crippen LogP contribution is 2.11. The second-order valence-corrected chi connectivity index (χ2v) is 4.31. The molecule has 2 N–H and O–H groups in total. The summed E-state index contributed by atoms with van der Waals surface area (Å²) in [6, 6.07) is 8.88. The number of hydrogen-bond acceptors (Lipinski definition) is 1. The lowest BCUT2D eigenvalue weighted by molar-refractivity contribution is 0.646. The third-order valence-electron chi connectivity index (χ3n) is 2.30. The van der Waals surface area contributed by atoms with E-state index in [2.05, 4.69) is 38.1 Å². The lowest BCUT2D eigenvalue weighted by atomic mass is 9.99. The van der Waals surface area contributed by atoms with Crippen molar-refractivity contribution < 1.29 is 0 Å². The van der Waals surface area contributed by atoms with Gasteiger partial charge in [-0.2, -0.15) is 0 Å². The van der Waals surface area contributed by atoms with Crippen molar-refractivity contribution in [1.82, 2.24) is 0 Å². The number of nitrogens with two attached hydrogens (primary N) is 1. The third-order valence-corrected chi connectivity index (χ3v) is 2.30. The first-order valence-electron chi connectivity index (χ1n) is 5.50. The van der Waals surface area contributed by atoms with E-state index in [-0.39, 0.29) is 0 Å². The van der Waals surface area contributed by atoms with Gasteiger partial charge in [0.1, 0.15) is 0 Å². The van der Waals surface area contributed by atoms with Crippen LogP contribution in [0.3, 0.4) is 0 Å². The molecule has 0 heterocycles. The Morgan fingerprint density at radius 1 is 1.21 bits per heavy atom. The van der Waals surface area contributed by atoms with Crippen LogP contribution in [0.2, 0.25) is 0 Å². The normalized spacial score (nSPS) is 10.9. The van der Waals surface area contributed by atoms with Crippen LogP contribution in [0.1, 0.15) is 31.4 Å². The van der Waals surface area contributed by atoms with Crippen molar-refractivity contribution in [3.8, 4) is 0 Å². The molecule has 0 aromatic heterocycles. The quantitative estimate of drug-likeness (QED) is 0.761. The summed E-state index contributed by atoms with van der Waals surface area (Å²) in [5.74, 6) is 0.736. The molecule has 0 atom stereocenters. The van der Waals surface area contributed by atoms with Crippen LogP contribution in [0.15, 0.2) is 24.3 Å². The van der Waals surface area contributed by atoms with E-state index in [0.717, 1.165) is 25.3 Å². The van der Waals surface area contributed by atoms with E-state index in [4.69, 9.17) is 5.73 Å². The van der Waals surface area contributed by atoms with Crippen LogP contribution < -0.4 is 5.73 Å². The lowest BCUT2D eigenvalue weighted by Gasteiger charge is -2.07. The Morgan fingerprint density at radius 3 is 2.57 bits per heavy atom. The number of hydrogen-bond donors (Lipinski definition) is 1. The van der Waals surface area contributed by atoms with Crippen molar-refractivity contribution in [1.29, 1.82) is 0 Å². The second-order valence-electron chi connectivity index (χ2n) is 4.31. The van der Waals surface area contributed by atoms with Gasteiger partial charge in [-0.1, -0.05) is 38.1 Å². The van der Waals surface area contributed by atoms with Gasteiger partial charge in [-0.3, -0.25) is 0 Å². The van der Waals surface area contributed by atoms with Crippen LogP contribution >= 0.6 is 0 Å². The van der Waals surface area contributed by atoms with Crippen LogP contribution in [0.25, 0.3) is 0 Å². The summed E-state index contributed by atoms with van der Waals surface area (Å²) in [6.45, 7) is 5.30. The standard InChI is InChI=1S/C13H21N/c1-11(2)9-13-6-3-5-12(10-13)7-4-8-14/h3,5-6,10-11H,4,7-9,14H2,1-2H3. The molecule has 1 rings (SSSR count). The highest BCUT2D eigenvalue weighted by Gasteiger charge is 1.98. The number of aryl methyl sites for hydroxylation is 1. The molecule has 0 fully saturated rings. The van der Waals surface area contributed by atoms with Gasteiger partial charge in [0.25, 0.3) is 0 Å². The summed E-state index contributed by atoms with van der Waals surface area (Å²) in [5.41, 5.74) is 8.37. The molecule has 0 aliphatic heterocycles.